The Kier molecular flexibility index (Phi) is 2.14. The number of rotatable bonds is 0. The Bertz CT molecular complexity index is 198. The van der Waals surface area contributed by atoms with Gasteiger partial charge in [-0.1, -0.05) is 0 Å². The van der Waals surface area contributed by atoms with E-state index in [0.29, 0.717) is 32.5 Å². The van der Waals surface area contributed by atoms with Gasteiger partial charge >= 0.3 is 0 Å². The van der Waals surface area contributed by atoms with Crippen molar-refractivity contribution in [2.45, 2.75) is 30.3 Å². The van der Waals surface area contributed by atoms with Crippen LogP contribution < -0.4 is 0 Å². The number of ketones is 1. The molecule has 0 amide bonds. The third kappa shape index (κ3) is 1.39. The summed E-state index contributed by atoms with van der Waals surface area (Å²) in [6.45, 7) is 1.30. The third-order valence-corrected chi connectivity index (χ3v) is 2.91. The summed E-state index contributed by atoms with van der Waals surface area (Å²) in [5.41, 5.74) is 0. The molecule has 2 aliphatic rings. The van der Waals surface area contributed by atoms with Crippen LogP contribution in [0.3, 0.4) is 0 Å². The van der Waals surface area contributed by atoms with Gasteiger partial charge in [-0.3, -0.25) is 4.79 Å². The van der Waals surface area contributed by atoms with Crippen molar-refractivity contribution >= 4 is 18.4 Å². The van der Waals surface area contributed by atoms with Gasteiger partial charge in [0.25, 0.3) is 0 Å². The van der Waals surface area contributed by atoms with Crippen molar-refractivity contribution in [2.75, 3.05) is 13.2 Å². The van der Waals surface area contributed by atoms with Crippen LogP contribution in [0.25, 0.3) is 0 Å². The quantitative estimate of drug-likeness (QED) is 0.571. The van der Waals surface area contributed by atoms with E-state index in [0.717, 1.165) is 0 Å². The topological polar surface area (TPSA) is 35.5 Å². The second kappa shape index (κ2) is 3.01. The van der Waals surface area contributed by atoms with Gasteiger partial charge in [0, 0.05) is 19.3 Å². The van der Waals surface area contributed by atoms with E-state index in [1.807, 2.05) is 0 Å². The van der Waals surface area contributed by atoms with Crippen molar-refractivity contribution in [3.8, 4) is 0 Å². The maximum absolute atomic E-state index is 11.1. The maximum Gasteiger partial charge on any atom is 0.170 e. The average molecular weight is 188 g/mol. The van der Waals surface area contributed by atoms with Crippen molar-refractivity contribution in [1.82, 2.24) is 0 Å². The summed E-state index contributed by atoms with van der Waals surface area (Å²) >= 11 is 4.20. The fraction of sp³-hybridized carbons (Fsp3) is 0.875. The number of carbonyl (C=O) groups is 1. The lowest BCUT2D eigenvalue weighted by molar-refractivity contribution is -0.178. The molecule has 1 spiro atoms. The van der Waals surface area contributed by atoms with Gasteiger partial charge in [0.15, 0.2) is 5.79 Å². The minimum absolute atomic E-state index is 0.197. The summed E-state index contributed by atoms with van der Waals surface area (Å²) in [7, 11) is 0. The second-order valence-corrected chi connectivity index (χ2v) is 3.92. The molecule has 4 heteroatoms. The highest BCUT2D eigenvalue weighted by molar-refractivity contribution is 7.81. The van der Waals surface area contributed by atoms with E-state index in [1.165, 1.54) is 0 Å². The average Bonchev–Trinajstić information content (AvgIpc) is 2.47. The van der Waals surface area contributed by atoms with Crippen molar-refractivity contribution < 1.29 is 14.3 Å². The summed E-state index contributed by atoms with van der Waals surface area (Å²) in [5.74, 6) is -0.261. The Hall–Kier alpha value is -0.0600. The van der Waals surface area contributed by atoms with Crippen LogP contribution in [0.1, 0.15) is 19.3 Å². The molecule has 1 saturated carbocycles. The third-order valence-electron chi connectivity index (χ3n) is 2.44. The molecule has 0 radical (unpaired) electrons. The largest absolute Gasteiger partial charge is 0.347 e. The lowest BCUT2D eigenvalue weighted by atomic mass is 9.92. The predicted octanol–water partition coefficient (Wildman–Crippen LogP) is 0.781. The first-order chi connectivity index (χ1) is 5.72. The molecule has 3 nitrogen and oxygen atoms in total. The van der Waals surface area contributed by atoms with Gasteiger partial charge in [-0.15, -0.1) is 0 Å². The van der Waals surface area contributed by atoms with Crippen LogP contribution in [0.15, 0.2) is 0 Å². The Morgan fingerprint density at radius 3 is 2.67 bits per heavy atom. The van der Waals surface area contributed by atoms with Crippen molar-refractivity contribution in [3.63, 3.8) is 0 Å². The van der Waals surface area contributed by atoms with Gasteiger partial charge in [0.2, 0.25) is 0 Å². The van der Waals surface area contributed by atoms with E-state index in [2.05, 4.69) is 12.6 Å². The molecule has 1 atom stereocenters. The smallest absolute Gasteiger partial charge is 0.170 e. The minimum Gasteiger partial charge on any atom is -0.347 e. The number of carbonyl (C=O) groups excluding carboxylic acids is 1. The fourth-order valence-electron chi connectivity index (χ4n) is 1.75. The Morgan fingerprint density at radius 1 is 1.42 bits per heavy atom. The first-order valence-corrected chi connectivity index (χ1v) is 4.72. The van der Waals surface area contributed by atoms with Crippen molar-refractivity contribution in [1.29, 1.82) is 0 Å². The number of hydrogen-bond acceptors (Lipinski definition) is 4. The normalized spacial score (nSPS) is 34.4. The molecule has 1 saturated heterocycles. The Balaban J connectivity index is 2.05. The van der Waals surface area contributed by atoms with Gasteiger partial charge in [-0.2, -0.15) is 12.6 Å². The van der Waals surface area contributed by atoms with Gasteiger partial charge in [-0.25, -0.2) is 0 Å². The fourth-order valence-corrected chi connectivity index (χ4v) is 2.16. The van der Waals surface area contributed by atoms with Crippen LogP contribution in [-0.4, -0.2) is 30.0 Å². The lowest BCUT2D eigenvalue weighted by Crippen LogP contribution is -2.41. The summed E-state index contributed by atoms with van der Waals surface area (Å²) < 4.78 is 11.0. The molecule has 1 aliphatic heterocycles. The maximum atomic E-state index is 11.1. The van der Waals surface area contributed by atoms with Crippen LogP contribution in [0.5, 0.6) is 0 Å². The summed E-state index contributed by atoms with van der Waals surface area (Å²) in [6.07, 6.45) is 1.84. The van der Waals surface area contributed by atoms with Crippen molar-refractivity contribution in [3.05, 3.63) is 0 Å². The Morgan fingerprint density at radius 2 is 2.08 bits per heavy atom. The number of hydrogen-bond donors (Lipinski definition) is 1. The second-order valence-electron chi connectivity index (χ2n) is 3.29. The first-order valence-electron chi connectivity index (χ1n) is 4.21. The zero-order valence-electron chi connectivity index (χ0n) is 6.78. The summed E-state index contributed by atoms with van der Waals surface area (Å²) in [5, 5.41) is -0.197. The van der Waals surface area contributed by atoms with E-state index in [4.69, 9.17) is 9.47 Å². The molecule has 0 aromatic carbocycles. The van der Waals surface area contributed by atoms with Gasteiger partial charge in [0.05, 0.1) is 18.5 Å². The number of Topliss-reactive ketones (excluding diaryl/α,β-unsaturated/α-hetero) is 1. The van der Waals surface area contributed by atoms with E-state index < -0.39 is 5.79 Å². The minimum atomic E-state index is -0.472. The molecule has 2 rings (SSSR count). The first kappa shape index (κ1) is 8.53. The molecule has 1 heterocycles. The van der Waals surface area contributed by atoms with Crippen LogP contribution >= 0.6 is 12.6 Å². The van der Waals surface area contributed by atoms with E-state index in [-0.39, 0.29) is 11.0 Å². The molecule has 1 aliphatic carbocycles. The van der Waals surface area contributed by atoms with E-state index in [1.54, 1.807) is 0 Å². The number of thiol groups is 1. The van der Waals surface area contributed by atoms with Crippen molar-refractivity contribution in [2.24, 2.45) is 0 Å². The molecule has 0 bridgehead atoms. The molecule has 2 fully saturated rings. The Labute approximate surface area is 76.8 Å². The van der Waals surface area contributed by atoms with E-state index >= 15 is 0 Å². The molecule has 68 valence electrons. The molecule has 0 N–H and O–H groups in total. The van der Waals surface area contributed by atoms with Crippen LogP contribution in [0.2, 0.25) is 0 Å². The van der Waals surface area contributed by atoms with Gasteiger partial charge in [-0.05, 0) is 0 Å². The monoisotopic (exact) mass is 188 g/mol. The molecule has 1 unspecified atom stereocenters. The van der Waals surface area contributed by atoms with Crippen LogP contribution in [0, 0.1) is 0 Å². The highest BCUT2D eigenvalue weighted by Crippen LogP contribution is 2.35. The zero-order valence-corrected chi connectivity index (χ0v) is 7.68. The molecular formula is C8H12O3S. The van der Waals surface area contributed by atoms with Crippen LogP contribution in [-0.2, 0) is 14.3 Å². The highest BCUT2D eigenvalue weighted by atomic mass is 32.1. The summed E-state index contributed by atoms with van der Waals surface area (Å²) in [4.78, 5) is 11.1. The zero-order chi connectivity index (χ0) is 8.60. The number of ether oxygens (including phenoxy) is 2. The molecule has 0 aromatic rings. The standard InChI is InChI=1S/C8H12O3S/c9-6-1-2-8(5-7(6)12)10-3-4-11-8/h7,12H,1-5H2. The SMILES string of the molecule is O=C1CCC2(CC1S)OCCO2. The van der Waals surface area contributed by atoms with Gasteiger partial charge < -0.3 is 9.47 Å². The highest BCUT2D eigenvalue weighted by Gasteiger charge is 2.43. The molecule has 12 heavy (non-hydrogen) atoms. The van der Waals surface area contributed by atoms with Crippen LogP contribution in [0.4, 0.5) is 0 Å². The van der Waals surface area contributed by atoms with Gasteiger partial charge in [0.1, 0.15) is 5.78 Å². The molecule has 0 aromatic heterocycles. The van der Waals surface area contributed by atoms with E-state index in [9.17, 15) is 4.79 Å². The molecular weight excluding hydrogens is 176 g/mol. The lowest BCUT2D eigenvalue weighted by Gasteiger charge is -2.33. The summed E-state index contributed by atoms with van der Waals surface area (Å²) in [6, 6.07) is 0. The predicted molar refractivity (Wildman–Crippen MR) is 46.3 cm³/mol.